The van der Waals surface area contributed by atoms with Crippen molar-refractivity contribution in [3.63, 3.8) is 0 Å². The number of morpholine rings is 1. The van der Waals surface area contributed by atoms with E-state index in [4.69, 9.17) is 14.2 Å². The highest BCUT2D eigenvalue weighted by molar-refractivity contribution is 5.51. The van der Waals surface area contributed by atoms with Gasteiger partial charge in [-0.15, -0.1) is 0 Å². The Hall–Kier alpha value is -1.46. The lowest BCUT2D eigenvalue weighted by Crippen LogP contribution is -2.33. The Morgan fingerprint density at radius 2 is 2.18 bits per heavy atom. The molecule has 0 amide bonds. The number of benzene rings is 1. The lowest BCUT2D eigenvalue weighted by atomic mass is 10.1. The molecule has 0 radical (unpaired) electrons. The van der Waals surface area contributed by atoms with E-state index in [0.29, 0.717) is 30.2 Å². The maximum absolute atomic E-state index is 10.0. The first-order chi connectivity index (χ1) is 8.26. The van der Waals surface area contributed by atoms with Crippen LogP contribution in [0.5, 0.6) is 17.2 Å². The highest BCUT2D eigenvalue weighted by atomic mass is 16.5. The zero-order valence-corrected chi connectivity index (χ0v) is 10.0. The number of methoxy groups -OCH3 is 2. The normalized spacial score (nSPS) is 20.0. The van der Waals surface area contributed by atoms with Gasteiger partial charge in [-0.2, -0.15) is 0 Å². The van der Waals surface area contributed by atoms with Crippen molar-refractivity contribution in [2.45, 2.75) is 6.10 Å². The second kappa shape index (κ2) is 5.25. The number of hydrogen-bond acceptors (Lipinski definition) is 5. The highest BCUT2D eigenvalue weighted by Crippen LogP contribution is 2.39. The van der Waals surface area contributed by atoms with E-state index in [1.165, 1.54) is 0 Å². The van der Waals surface area contributed by atoms with Crippen molar-refractivity contribution >= 4 is 0 Å². The molecule has 1 aromatic carbocycles. The van der Waals surface area contributed by atoms with Gasteiger partial charge >= 0.3 is 0 Å². The fraction of sp³-hybridized carbons (Fsp3) is 0.500. The molecule has 1 saturated heterocycles. The lowest BCUT2D eigenvalue weighted by Gasteiger charge is -2.26. The summed E-state index contributed by atoms with van der Waals surface area (Å²) in [5.74, 6) is 1.28. The van der Waals surface area contributed by atoms with Crippen LogP contribution in [0.25, 0.3) is 0 Å². The molecule has 1 atom stereocenters. The van der Waals surface area contributed by atoms with E-state index in [1.54, 1.807) is 26.4 Å². The van der Waals surface area contributed by atoms with Crippen LogP contribution >= 0.6 is 0 Å². The quantitative estimate of drug-likeness (QED) is 0.826. The highest BCUT2D eigenvalue weighted by Gasteiger charge is 2.24. The summed E-state index contributed by atoms with van der Waals surface area (Å²) in [7, 11) is 3.11. The summed E-state index contributed by atoms with van der Waals surface area (Å²) < 4.78 is 16.0. The van der Waals surface area contributed by atoms with Gasteiger partial charge in [-0.05, 0) is 0 Å². The Morgan fingerprint density at radius 1 is 1.35 bits per heavy atom. The fourth-order valence-corrected chi connectivity index (χ4v) is 1.95. The van der Waals surface area contributed by atoms with Crippen LogP contribution in [0.3, 0.4) is 0 Å². The van der Waals surface area contributed by atoms with E-state index >= 15 is 0 Å². The van der Waals surface area contributed by atoms with Crippen LogP contribution in [0.15, 0.2) is 12.1 Å². The number of nitrogens with one attached hydrogen (secondary N) is 1. The average Bonchev–Trinajstić information content (AvgIpc) is 2.38. The van der Waals surface area contributed by atoms with Crippen LogP contribution in [-0.2, 0) is 4.74 Å². The molecule has 94 valence electrons. The van der Waals surface area contributed by atoms with E-state index < -0.39 is 0 Å². The van der Waals surface area contributed by atoms with Gasteiger partial charge < -0.3 is 24.6 Å². The van der Waals surface area contributed by atoms with Crippen LogP contribution in [0.2, 0.25) is 0 Å². The fourth-order valence-electron chi connectivity index (χ4n) is 1.95. The molecule has 0 aliphatic carbocycles. The van der Waals surface area contributed by atoms with Gasteiger partial charge in [-0.25, -0.2) is 0 Å². The van der Waals surface area contributed by atoms with E-state index in [1.807, 2.05) is 0 Å². The van der Waals surface area contributed by atoms with E-state index in [0.717, 1.165) is 6.54 Å². The molecule has 0 aromatic heterocycles. The Labute approximate surface area is 100 Å². The second-order valence-electron chi connectivity index (χ2n) is 3.83. The molecule has 1 aliphatic heterocycles. The van der Waals surface area contributed by atoms with Crippen molar-refractivity contribution < 1.29 is 19.3 Å². The number of rotatable bonds is 3. The minimum absolute atomic E-state index is 0.134. The van der Waals surface area contributed by atoms with Crippen LogP contribution in [-0.4, -0.2) is 39.0 Å². The zero-order valence-electron chi connectivity index (χ0n) is 10.0. The Bertz CT molecular complexity index is 388. The molecule has 0 bridgehead atoms. The van der Waals surface area contributed by atoms with Crippen molar-refractivity contribution in [1.29, 1.82) is 0 Å². The predicted molar refractivity (Wildman–Crippen MR) is 62.8 cm³/mol. The standard InChI is InChI=1S/C12H17NO4/c1-15-8-5-9(14)12(10(6-8)16-2)11-7-13-3-4-17-11/h5-6,11,13-14H,3-4,7H2,1-2H3. The summed E-state index contributed by atoms with van der Waals surface area (Å²) in [4.78, 5) is 0. The van der Waals surface area contributed by atoms with Crippen molar-refractivity contribution in [2.24, 2.45) is 0 Å². The molecular formula is C12H17NO4. The zero-order chi connectivity index (χ0) is 12.3. The van der Waals surface area contributed by atoms with Gasteiger partial charge in [-0.1, -0.05) is 0 Å². The second-order valence-corrected chi connectivity index (χ2v) is 3.83. The lowest BCUT2D eigenvalue weighted by molar-refractivity contribution is 0.0248. The van der Waals surface area contributed by atoms with E-state index in [9.17, 15) is 5.11 Å². The summed E-state index contributed by atoms with van der Waals surface area (Å²) >= 11 is 0. The molecule has 1 unspecified atom stereocenters. The molecule has 2 rings (SSSR count). The summed E-state index contributed by atoms with van der Waals surface area (Å²) in [6.07, 6.45) is -0.190. The summed E-state index contributed by atoms with van der Waals surface area (Å²) in [5.41, 5.74) is 0.667. The Morgan fingerprint density at radius 3 is 2.76 bits per heavy atom. The first-order valence-corrected chi connectivity index (χ1v) is 5.53. The molecule has 2 N–H and O–H groups in total. The smallest absolute Gasteiger partial charge is 0.132 e. The number of phenols is 1. The first-order valence-electron chi connectivity index (χ1n) is 5.53. The topological polar surface area (TPSA) is 60.0 Å². The molecule has 5 nitrogen and oxygen atoms in total. The Kier molecular flexibility index (Phi) is 3.71. The molecule has 17 heavy (non-hydrogen) atoms. The molecule has 1 fully saturated rings. The number of ether oxygens (including phenoxy) is 3. The molecular weight excluding hydrogens is 222 g/mol. The molecule has 1 heterocycles. The van der Waals surface area contributed by atoms with E-state index in [2.05, 4.69) is 5.32 Å². The number of aromatic hydroxyl groups is 1. The van der Waals surface area contributed by atoms with Gasteiger partial charge in [0.05, 0.1) is 26.4 Å². The van der Waals surface area contributed by atoms with Gasteiger partial charge in [0.2, 0.25) is 0 Å². The largest absolute Gasteiger partial charge is 0.507 e. The Balaban J connectivity index is 2.36. The maximum Gasteiger partial charge on any atom is 0.132 e. The van der Waals surface area contributed by atoms with Gasteiger partial charge in [0, 0.05) is 25.2 Å². The molecule has 1 aliphatic rings. The third kappa shape index (κ3) is 2.45. The SMILES string of the molecule is COc1cc(O)c(C2CNCCO2)c(OC)c1. The summed E-state index contributed by atoms with van der Waals surface area (Å²) in [6, 6.07) is 3.31. The van der Waals surface area contributed by atoms with Crippen molar-refractivity contribution in [2.75, 3.05) is 33.9 Å². The molecule has 0 spiro atoms. The van der Waals surface area contributed by atoms with E-state index in [-0.39, 0.29) is 11.9 Å². The molecule has 5 heteroatoms. The van der Waals surface area contributed by atoms with Crippen LogP contribution in [0.1, 0.15) is 11.7 Å². The first kappa shape index (κ1) is 12.0. The van der Waals surface area contributed by atoms with Crippen molar-refractivity contribution in [3.8, 4) is 17.2 Å². The van der Waals surface area contributed by atoms with Gasteiger partial charge in [0.1, 0.15) is 23.4 Å². The monoisotopic (exact) mass is 239 g/mol. The third-order valence-corrected chi connectivity index (χ3v) is 2.80. The molecule has 0 saturated carbocycles. The van der Waals surface area contributed by atoms with Gasteiger partial charge in [-0.3, -0.25) is 0 Å². The third-order valence-electron chi connectivity index (χ3n) is 2.80. The van der Waals surface area contributed by atoms with Crippen molar-refractivity contribution in [1.82, 2.24) is 5.32 Å². The number of hydrogen-bond donors (Lipinski definition) is 2. The van der Waals surface area contributed by atoms with Crippen LogP contribution in [0.4, 0.5) is 0 Å². The average molecular weight is 239 g/mol. The van der Waals surface area contributed by atoms with Gasteiger partial charge in [0.25, 0.3) is 0 Å². The van der Waals surface area contributed by atoms with Crippen LogP contribution in [0, 0.1) is 0 Å². The van der Waals surface area contributed by atoms with Crippen LogP contribution < -0.4 is 14.8 Å². The van der Waals surface area contributed by atoms with Crippen molar-refractivity contribution in [3.05, 3.63) is 17.7 Å². The minimum Gasteiger partial charge on any atom is -0.507 e. The minimum atomic E-state index is -0.190. The number of phenolic OH excluding ortho intramolecular Hbond substituents is 1. The predicted octanol–water partition coefficient (Wildman–Crippen LogP) is 1.07. The summed E-state index contributed by atoms with van der Waals surface area (Å²) in [6.45, 7) is 2.12. The maximum atomic E-state index is 10.0. The molecule has 1 aromatic rings. The van der Waals surface area contributed by atoms with Gasteiger partial charge in [0.15, 0.2) is 0 Å². The summed E-state index contributed by atoms with van der Waals surface area (Å²) in [5, 5.41) is 13.2.